The van der Waals surface area contributed by atoms with Crippen LogP contribution in [-0.2, 0) is 9.53 Å². The molecule has 32 heavy (non-hydrogen) atoms. The van der Waals surface area contributed by atoms with Crippen LogP contribution in [0.15, 0.2) is 54.9 Å². The minimum atomic E-state index is -0.476. The van der Waals surface area contributed by atoms with Crippen molar-refractivity contribution in [1.29, 1.82) is 0 Å². The fourth-order valence-corrected chi connectivity index (χ4v) is 3.99. The highest BCUT2D eigenvalue weighted by Gasteiger charge is 2.23. The van der Waals surface area contributed by atoms with E-state index in [4.69, 9.17) is 15.5 Å². The van der Waals surface area contributed by atoms with Crippen LogP contribution in [0.3, 0.4) is 0 Å². The number of hydrogen-bond acceptors (Lipinski definition) is 8. The second-order valence-corrected chi connectivity index (χ2v) is 7.72. The van der Waals surface area contributed by atoms with Crippen molar-refractivity contribution in [2.45, 2.75) is 6.04 Å². The molecule has 0 saturated carbocycles. The van der Waals surface area contributed by atoms with Crippen LogP contribution in [0.4, 0.5) is 23.0 Å². The fraction of sp³-hybridized carbons (Fsp3) is 0.208. The third-order valence-electron chi connectivity index (χ3n) is 5.66. The maximum atomic E-state index is 11.7. The summed E-state index contributed by atoms with van der Waals surface area (Å²) in [5.41, 5.74) is 11.1. The van der Waals surface area contributed by atoms with Crippen LogP contribution in [-0.4, -0.2) is 42.6 Å². The highest BCUT2D eigenvalue weighted by molar-refractivity contribution is 5.80. The monoisotopic (exact) mass is 428 g/mol. The van der Waals surface area contributed by atoms with Crippen molar-refractivity contribution in [3.05, 3.63) is 66.0 Å². The van der Waals surface area contributed by atoms with Crippen LogP contribution in [0.5, 0.6) is 0 Å². The molecule has 2 aliphatic heterocycles. The van der Waals surface area contributed by atoms with Crippen molar-refractivity contribution < 1.29 is 9.53 Å². The average Bonchev–Trinajstić information content (AvgIpc) is 2.85. The summed E-state index contributed by atoms with van der Waals surface area (Å²) in [4.78, 5) is 23.1. The first-order chi connectivity index (χ1) is 15.7. The molecule has 1 fully saturated rings. The number of carbonyl (C=O) groups excluding carboxylic acids is 1. The van der Waals surface area contributed by atoms with Crippen molar-refractivity contribution in [3.8, 4) is 11.3 Å². The summed E-state index contributed by atoms with van der Waals surface area (Å²) in [7, 11) is 0. The molecule has 4 N–H and O–H groups in total. The number of nitrogens with zero attached hydrogens (tertiary/aromatic N) is 3. The van der Waals surface area contributed by atoms with Crippen LogP contribution in [0.2, 0.25) is 0 Å². The Morgan fingerprint density at radius 2 is 1.97 bits per heavy atom. The third-order valence-corrected chi connectivity index (χ3v) is 5.66. The number of hydrogen-bond donors (Lipinski definition) is 3. The molecule has 1 aromatic carbocycles. The highest BCUT2D eigenvalue weighted by Crippen LogP contribution is 2.34. The quantitative estimate of drug-likeness (QED) is 0.533. The molecule has 0 amide bonds. The normalized spacial score (nSPS) is 17.4. The van der Waals surface area contributed by atoms with E-state index in [0.29, 0.717) is 11.6 Å². The molecule has 1 saturated heterocycles. The Bertz CT molecular complexity index is 1140. The van der Waals surface area contributed by atoms with Crippen LogP contribution in [0, 0.1) is 0 Å². The van der Waals surface area contributed by atoms with Gasteiger partial charge < -0.3 is 30.8 Å². The number of aldehydes is 1. The zero-order valence-electron chi connectivity index (χ0n) is 17.5. The van der Waals surface area contributed by atoms with E-state index in [1.54, 1.807) is 18.5 Å². The van der Waals surface area contributed by atoms with Crippen molar-refractivity contribution >= 4 is 35.4 Å². The lowest BCUT2D eigenvalue weighted by atomic mass is 9.97. The molecule has 1 unspecified atom stereocenters. The number of ether oxygens (including phenoxy) is 1. The molecule has 0 radical (unpaired) electrons. The van der Waals surface area contributed by atoms with E-state index in [2.05, 4.69) is 32.7 Å². The van der Waals surface area contributed by atoms with Gasteiger partial charge in [-0.25, -0.2) is 9.97 Å². The van der Waals surface area contributed by atoms with Crippen LogP contribution >= 0.6 is 0 Å². The molecule has 5 rings (SSSR count). The lowest BCUT2D eigenvalue weighted by Gasteiger charge is -2.29. The van der Waals surface area contributed by atoms with Crippen LogP contribution < -0.4 is 21.3 Å². The summed E-state index contributed by atoms with van der Waals surface area (Å²) < 4.78 is 5.44. The maximum absolute atomic E-state index is 11.7. The average molecular weight is 428 g/mol. The minimum absolute atomic E-state index is 0.454. The molecule has 4 heterocycles. The Labute approximate surface area is 186 Å². The molecule has 162 valence electrons. The van der Waals surface area contributed by atoms with Gasteiger partial charge in [0.05, 0.1) is 18.9 Å². The molecule has 8 nitrogen and oxygen atoms in total. The molecular weight excluding hydrogens is 404 g/mol. The fourth-order valence-electron chi connectivity index (χ4n) is 3.99. The Hall–Kier alpha value is -3.91. The van der Waals surface area contributed by atoms with Crippen molar-refractivity contribution in [3.63, 3.8) is 0 Å². The third kappa shape index (κ3) is 4.00. The maximum Gasteiger partial charge on any atom is 0.146 e. The van der Waals surface area contributed by atoms with Gasteiger partial charge in [-0.05, 0) is 60.3 Å². The largest absolute Gasteiger partial charge is 0.384 e. The Morgan fingerprint density at radius 3 is 2.69 bits per heavy atom. The number of morpholine rings is 1. The molecule has 2 aliphatic rings. The second kappa shape index (κ2) is 8.68. The zero-order chi connectivity index (χ0) is 21.9. The highest BCUT2D eigenvalue weighted by atomic mass is 16.5. The predicted molar refractivity (Wildman–Crippen MR) is 126 cm³/mol. The summed E-state index contributed by atoms with van der Waals surface area (Å²) in [6.45, 7) is 3.27. The van der Waals surface area contributed by atoms with Gasteiger partial charge in [-0.3, -0.25) is 0 Å². The SMILES string of the molecule is Nc1ccc(-c2cc3c(c(Nc4ccc(N5CCOCC5)cc4)n2)C(C=O)NC=C3)cn1. The van der Waals surface area contributed by atoms with E-state index in [1.807, 2.05) is 30.3 Å². The van der Waals surface area contributed by atoms with Gasteiger partial charge in [0.25, 0.3) is 0 Å². The summed E-state index contributed by atoms with van der Waals surface area (Å²) >= 11 is 0. The number of fused-ring (bicyclic) bond motifs is 1. The van der Waals surface area contributed by atoms with E-state index in [0.717, 1.165) is 66.3 Å². The van der Waals surface area contributed by atoms with E-state index < -0.39 is 6.04 Å². The number of aromatic nitrogens is 2. The van der Waals surface area contributed by atoms with E-state index in [9.17, 15) is 4.79 Å². The first-order valence-electron chi connectivity index (χ1n) is 10.6. The second-order valence-electron chi connectivity index (χ2n) is 7.72. The summed E-state index contributed by atoms with van der Waals surface area (Å²) in [6, 6.07) is 13.3. The number of nitrogens with one attached hydrogen (secondary N) is 2. The molecule has 0 spiro atoms. The number of benzene rings is 1. The van der Waals surface area contributed by atoms with Gasteiger partial charge in [-0.15, -0.1) is 0 Å². The van der Waals surface area contributed by atoms with Crippen LogP contribution in [0.25, 0.3) is 17.3 Å². The van der Waals surface area contributed by atoms with Gasteiger partial charge in [0.15, 0.2) is 0 Å². The van der Waals surface area contributed by atoms with Crippen molar-refractivity contribution in [1.82, 2.24) is 15.3 Å². The lowest BCUT2D eigenvalue weighted by molar-refractivity contribution is -0.109. The first-order valence-corrected chi connectivity index (χ1v) is 10.6. The Balaban J connectivity index is 1.50. The van der Waals surface area contributed by atoms with Gasteiger partial charge in [-0.1, -0.05) is 0 Å². The number of nitrogen functional groups attached to an aromatic ring is 1. The number of rotatable bonds is 5. The van der Waals surface area contributed by atoms with Gasteiger partial charge in [0, 0.05) is 41.8 Å². The molecule has 8 heteroatoms. The standard InChI is InChI=1S/C24H24N6O2/c25-22-6-1-17(14-27-22)20-13-16-7-8-26-21(15-31)23(16)24(29-20)28-18-2-4-19(5-3-18)30-9-11-32-12-10-30/h1-8,13-15,21,26H,9-12H2,(H2,25,27)(H,28,29). The van der Waals surface area contributed by atoms with Gasteiger partial charge >= 0.3 is 0 Å². The predicted octanol–water partition coefficient (Wildman–Crippen LogP) is 3.12. The van der Waals surface area contributed by atoms with E-state index in [-0.39, 0.29) is 0 Å². The first kappa shape index (κ1) is 20.0. The van der Waals surface area contributed by atoms with Crippen molar-refractivity contribution in [2.75, 3.05) is 42.3 Å². The molecular formula is C24H24N6O2. The topological polar surface area (TPSA) is 105 Å². The lowest BCUT2D eigenvalue weighted by Crippen LogP contribution is -2.36. The van der Waals surface area contributed by atoms with Crippen LogP contribution in [0.1, 0.15) is 17.2 Å². The number of anilines is 4. The van der Waals surface area contributed by atoms with Crippen molar-refractivity contribution in [2.24, 2.45) is 0 Å². The summed E-state index contributed by atoms with van der Waals surface area (Å²) in [5.74, 6) is 1.08. The summed E-state index contributed by atoms with van der Waals surface area (Å²) in [6.07, 6.45) is 6.32. The molecule has 1 atom stereocenters. The molecule has 2 aromatic heterocycles. The number of pyridine rings is 2. The van der Waals surface area contributed by atoms with E-state index in [1.165, 1.54) is 0 Å². The molecule has 0 bridgehead atoms. The Kier molecular flexibility index (Phi) is 5.43. The molecule has 0 aliphatic carbocycles. The van der Waals surface area contributed by atoms with Gasteiger partial charge in [-0.2, -0.15) is 0 Å². The number of carbonyl (C=O) groups is 1. The Morgan fingerprint density at radius 1 is 1.16 bits per heavy atom. The molecule has 3 aromatic rings. The number of nitrogens with two attached hydrogens (primary N) is 1. The van der Waals surface area contributed by atoms with Gasteiger partial charge in [0.1, 0.15) is 24.0 Å². The summed E-state index contributed by atoms with van der Waals surface area (Å²) in [5, 5.41) is 6.51. The minimum Gasteiger partial charge on any atom is -0.384 e. The smallest absolute Gasteiger partial charge is 0.146 e. The van der Waals surface area contributed by atoms with E-state index >= 15 is 0 Å². The zero-order valence-corrected chi connectivity index (χ0v) is 17.5. The van der Waals surface area contributed by atoms with Gasteiger partial charge in [0.2, 0.25) is 0 Å².